The zero-order valence-corrected chi connectivity index (χ0v) is 21.5. The Morgan fingerprint density at radius 2 is 1.82 bits per heavy atom. The molecule has 0 radical (unpaired) electrons. The van der Waals surface area contributed by atoms with Crippen molar-refractivity contribution in [1.29, 1.82) is 0 Å². The Labute approximate surface area is 200 Å². The van der Waals surface area contributed by atoms with Gasteiger partial charge in [0.15, 0.2) is 0 Å². The summed E-state index contributed by atoms with van der Waals surface area (Å²) < 4.78 is 0. The second-order valence-electron chi connectivity index (χ2n) is 10.2. The van der Waals surface area contributed by atoms with Gasteiger partial charge in [-0.25, -0.2) is 9.97 Å². The molecule has 0 aliphatic rings. The molecule has 0 aliphatic carbocycles. The first-order chi connectivity index (χ1) is 15.7. The van der Waals surface area contributed by atoms with Gasteiger partial charge in [0.25, 0.3) is 0 Å². The first-order valence-electron chi connectivity index (χ1n) is 12.1. The number of hydrogen-bond donors (Lipinski definition) is 1. The van der Waals surface area contributed by atoms with E-state index in [0.29, 0.717) is 0 Å². The van der Waals surface area contributed by atoms with Gasteiger partial charge in [-0.2, -0.15) is 0 Å². The van der Waals surface area contributed by atoms with Crippen LogP contribution in [0.2, 0.25) is 0 Å². The molecular weight excluding hydrogens is 404 g/mol. The molecular formula is C29H40N4. The molecule has 0 fully saturated rings. The number of aryl methyl sites for hydroxylation is 2. The van der Waals surface area contributed by atoms with Crippen LogP contribution in [-0.4, -0.2) is 24.1 Å². The van der Waals surface area contributed by atoms with Gasteiger partial charge < -0.3 is 10.2 Å². The molecule has 4 heteroatoms. The van der Waals surface area contributed by atoms with Crippen LogP contribution >= 0.6 is 0 Å². The molecule has 176 valence electrons. The number of rotatable bonds is 9. The third kappa shape index (κ3) is 5.73. The second-order valence-corrected chi connectivity index (χ2v) is 10.2. The molecule has 3 rings (SSSR count). The summed E-state index contributed by atoms with van der Waals surface area (Å²) in [6, 6.07) is 11.1. The molecule has 1 N–H and O–H groups in total. The van der Waals surface area contributed by atoms with Gasteiger partial charge in [0.05, 0.1) is 5.52 Å². The van der Waals surface area contributed by atoms with Crippen LogP contribution in [0.5, 0.6) is 0 Å². The fourth-order valence-electron chi connectivity index (χ4n) is 4.47. The summed E-state index contributed by atoms with van der Waals surface area (Å²) in [6.45, 7) is 15.9. The van der Waals surface area contributed by atoms with Crippen LogP contribution in [0.4, 0.5) is 11.5 Å². The van der Waals surface area contributed by atoms with Crippen molar-refractivity contribution in [1.82, 2.24) is 9.97 Å². The monoisotopic (exact) mass is 444 g/mol. The van der Waals surface area contributed by atoms with Crippen molar-refractivity contribution in [2.75, 3.05) is 24.3 Å². The second kappa shape index (κ2) is 10.4. The van der Waals surface area contributed by atoms with E-state index in [1.54, 1.807) is 0 Å². The van der Waals surface area contributed by atoms with E-state index in [9.17, 15) is 0 Å². The number of hydrogen-bond acceptors (Lipinski definition) is 4. The molecule has 1 heterocycles. The fraction of sp³-hybridized carbons (Fsp3) is 0.448. The fourth-order valence-corrected chi connectivity index (χ4v) is 4.47. The predicted molar refractivity (Wildman–Crippen MR) is 144 cm³/mol. The summed E-state index contributed by atoms with van der Waals surface area (Å²) in [5, 5.41) is 4.74. The van der Waals surface area contributed by atoms with E-state index in [2.05, 4.69) is 95.8 Å². The number of nitrogens with zero attached hydrogens (tertiary/aromatic N) is 3. The van der Waals surface area contributed by atoms with Gasteiger partial charge in [0.1, 0.15) is 11.6 Å². The Kier molecular flexibility index (Phi) is 7.78. The lowest BCUT2D eigenvalue weighted by atomic mass is 9.82. The minimum Gasteiger partial charge on any atom is -0.377 e. The molecule has 0 saturated heterocycles. The first-order valence-corrected chi connectivity index (χ1v) is 12.1. The van der Waals surface area contributed by atoms with Gasteiger partial charge >= 0.3 is 0 Å². The van der Waals surface area contributed by atoms with E-state index in [1.165, 1.54) is 27.9 Å². The van der Waals surface area contributed by atoms with Crippen LogP contribution in [0.3, 0.4) is 0 Å². The van der Waals surface area contributed by atoms with E-state index < -0.39 is 0 Å². The zero-order chi connectivity index (χ0) is 24.2. The van der Waals surface area contributed by atoms with Crippen molar-refractivity contribution >= 4 is 22.4 Å². The Balaban J connectivity index is 2.06. The van der Waals surface area contributed by atoms with Crippen LogP contribution in [0.1, 0.15) is 68.6 Å². The number of nitrogens with one attached hydrogen (secondary N) is 1. The topological polar surface area (TPSA) is 41.1 Å². The third-order valence-corrected chi connectivity index (χ3v) is 6.22. The van der Waals surface area contributed by atoms with Crippen LogP contribution in [0.25, 0.3) is 10.9 Å². The van der Waals surface area contributed by atoms with Gasteiger partial charge in [-0.3, -0.25) is 0 Å². The highest BCUT2D eigenvalue weighted by Crippen LogP contribution is 2.32. The number of benzene rings is 2. The maximum atomic E-state index is 4.94. The van der Waals surface area contributed by atoms with Gasteiger partial charge in [0.2, 0.25) is 0 Å². The van der Waals surface area contributed by atoms with E-state index in [1.807, 2.05) is 6.08 Å². The summed E-state index contributed by atoms with van der Waals surface area (Å²) >= 11 is 0. The van der Waals surface area contributed by atoms with E-state index >= 15 is 0 Å². The summed E-state index contributed by atoms with van der Waals surface area (Å²) in [6.07, 6.45) is 5.79. The molecule has 0 bridgehead atoms. The third-order valence-electron chi connectivity index (χ3n) is 6.22. The van der Waals surface area contributed by atoms with E-state index in [0.717, 1.165) is 54.8 Å². The lowest BCUT2D eigenvalue weighted by Crippen LogP contribution is -2.15. The van der Waals surface area contributed by atoms with Crippen molar-refractivity contribution in [3.63, 3.8) is 0 Å². The van der Waals surface area contributed by atoms with E-state index in [4.69, 9.17) is 9.97 Å². The van der Waals surface area contributed by atoms with Gasteiger partial charge in [0, 0.05) is 38.1 Å². The molecule has 0 spiro atoms. The molecule has 0 aliphatic heterocycles. The van der Waals surface area contributed by atoms with Gasteiger partial charge in [-0.1, -0.05) is 52.0 Å². The average molecular weight is 445 g/mol. The van der Waals surface area contributed by atoms with Crippen molar-refractivity contribution in [3.8, 4) is 0 Å². The molecule has 4 nitrogen and oxygen atoms in total. The Morgan fingerprint density at radius 3 is 2.45 bits per heavy atom. The Morgan fingerprint density at radius 1 is 1.06 bits per heavy atom. The van der Waals surface area contributed by atoms with Crippen LogP contribution in [0.15, 0.2) is 43.0 Å². The highest BCUT2D eigenvalue weighted by atomic mass is 15.1. The highest BCUT2D eigenvalue weighted by molar-refractivity contribution is 5.93. The predicted octanol–water partition coefficient (Wildman–Crippen LogP) is 6.98. The summed E-state index contributed by atoms with van der Waals surface area (Å²) in [7, 11) is 4.19. The van der Waals surface area contributed by atoms with Gasteiger partial charge in [-0.05, 0) is 66.0 Å². The number of anilines is 2. The molecule has 2 aromatic carbocycles. The molecule has 3 aromatic rings. The minimum atomic E-state index is 0.123. The lowest BCUT2D eigenvalue weighted by Gasteiger charge is -2.24. The van der Waals surface area contributed by atoms with Crippen LogP contribution < -0.4 is 10.2 Å². The molecule has 0 unspecified atom stereocenters. The van der Waals surface area contributed by atoms with Crippen LogP contribution in [-0.2, 0) is 24.8 Å². The molecule has 1 aromatic heterocycles. The average Bonchev–Trinajstić information content (AvgIpc) is 2.75. The molecule has 33 heavy (non-hydrogen) atoms. The molecule has 0 amide bonds. The van der Waals surface area contributed by atoms with Crippen molar-refractivity contribution in [3.05, 3.63) is 71.1 Å². The van der Waals surface area contributed by atoms with Crippen molar-refractivity contribution < 1.29 is 0 Å². The minimum absolute atomic E-state index is 0.123. The van der Waals surface area contributed by atoms with Crippen LogP contribution in [0, 0.1) is 6.92 Å². The summed E-state index contributed by atoms with van der Waals surface area (Å²) in [5.74, 6) is 1.82. The Bertz CT molecular complexity index is 1120. The largest absolute Gasteiger partial charge is 0.377 e. The summed E-state index contributed by atoms with van der Waals surface area (Å²) in [5.41, 5.74) is 7.70. The number of aromatic nitrogens is 2. The first kappa shape index (κ1) is 24.8. The molecule has 0 saturated carbocycles. The quantitative estimate of drug-likeness (QED) is 0.361. The number of fused-ring (bicyclic) bond motifs is 1. The Hall–Kier alpha value is -2.88. The summed E-state index contributed by atoms with van der Waals surface area (Å²) in [4.78, 5) is 12.0. The van der Waals surface area contributed by atoms with Crippen molar-refractivity contribution in [2.24, 2.45) is 0 Å². The molecule has 0 atom stereocenters. The zero-order valence-electron chi connectivity index (χ0n) is 21.5. The maximum Gasteiger partial charge on any atom is 0.137 e. The normalized spacial score (nSPS) is 11.6. The van der Waals surface area contributed by atoms with E-state index in [-0.39, 0.29) is 5.41 Å². The van der Waals surface area contributed by atoms with Gasteiger partial charge in [-0.15, -0.1) is 6.58 Å². The maximum absolute atomic E-state index is 4.94. The highest BCUT2D eigenvalue weighted by Gasteiger charge is 2.18. The number of allylic oxidation sites excluding steroid dienone is 1. The van der Waals surface area contributed by atoms with Crippen molar-refractivity contribution in [2.45, 2.75) is 72.3 Å². The standard InChI is InChI=1S/C29H40N4/c1-9-11-14-21-17-25-23(18-26(21)33(7)8)28(32-27(31-25)13-10-2)30-19-22-15-12-16-24(20(22)3)29(4,5)6/h9,12,15-18H,1,10-11,13-14,19H2,2-8H3,(H,30,31,32). The smallest absolute Gasteiger partial charge is 0.137 e. The lowest BCUT2D eigenvalue weighted by molar-refractivity contribution is 0.585. The SMILES string of the molecule is C=CCCc1cc2nc(CCC)nc(NCc3cccc(C(C)(C)C)c3C)c2cc1N(C)C.